The van der Waals surface area contributed by atoms with Gasteiger partial charge in [-0.05, 0) is 55.9 Å². The first-order chi connectivity index (χ1) is 16.5. The van der Waals surface area contributed by atoms with Crippen LogP contribution in [0.2, 0.25) is 0 Å². The normalized spacial score (nSPS) is 16.2. The van der Waals surface area contributed by atoms with Crippen LogP contribution in [0, 0.1) is 6.92 Å². The minimum absolute atomic E-state index is 0.00943. The maximum atomic E-state index is 13.5. The van der Waals surface area contributed by atoms with Crippen LogP contribution in [-0.4, -0.2) is 42.0 Å². The highest BCUT2D eigenvalue weighted by Gasteiger charge is 2.30. The van der Waals surface area contributed by atoms with Crippen molar-refractivity contribution in [2.24, 2.45) is 0 Å². The molecule has 0 spiro atoms. The summed E-state index contributed by atoms with van der Waals surface area (Å²) in [6.07, 6.45) is 5.86. The molecule has 1 fully saturated rings. The Hall–Kier alpha value is -3.02. The lowest BCUT2D eigenvalue weighted by atomic mass is 10.0. The van der Waals surface area contributed by atoms with Crippen molar-refractivity contribution in [2.75, 3.05) is 13.2 Å². The van der Waals surface area contributed by atoms with E-state index in [9.17, 15) is 9.59 Å². The summed E-state index contributed by atoms with van der Waals surface area (Å²) in [4.78, 5) is 28.5. The first-order valence-corrected chi connectivity index (χ1v) is 12.6. The van der Waals surface area contributed by atoms with Crippen LogP contribution < -0.4 is 14.8 Å². The van der Waals surface area contributed by atoms with E-state index in [4.69, 9.17) is 9.47 Å². The second-order valence-electron chi connectivity index (χ2n) is 9.40. The zero-order valence-electron chi connectivity index (χ0n) is 20.3. The van der Waals surface area contributed by atoms with Crippen molar-refractivity contribution in [2.45, 2.75) is 77.4 Å². The first-order valence-electron chi connectivity index (χ1n) is 12.6. The van der Waals surface area contributed by atoms with E-state index in [-0.39, 0.29) is 17.9 Å². The molecular formula is C28H36N2O4. The highest BCUT2D eigenvalue weighted by atomic mass is 16.6. The maximum absolute atomic E-state index is 13.5. The van der Waals surface area contributed by atoms with Gasteiger partial charge in [0.2, 0.25) is 11.8 Å². The van der Waals surface area contributed by atoms with Crippen molar-refractivity contribution in [3.63, 3.8) is 0 Å². The standard InChI is InChI=1S/C28H36N2O4/c1-3-24(28(32)29-23-9-4-5-10-23)30(19-22-8-6-7-20(2)17-22)27(31)14-12-21-11-13-25-26(18-21)34-16-15-33-25/h6-8,11,13,17-18,23-24H,3-5,9-10,12,14-16,19H2,1-2H3,(H,29,32)/t24-/m0/s1. The van der Waals surface area contributed by atoms with Crippen molar-refractivity contribution in [1.82, 2.24) is 10.2 Å². The molecule has 1 aliphatic heterocycles. The lowest BCUT2D eigenvalue weighted by Gasteiger charge is -2.31. The van der Waals surface area contributed by atoms with E-state index >= 15 is 0 Å². The predicted octanol–water partition coefficient (Wildman–Crippen LogP) is 4.57. The third-order valence-electron chi connectivity index (χ3n) is 6.76. The van der Waals surface area contributed by atoms with Crippen LogP contribution in [-0.2, 0) is 22.6 Å². The highest BCUT2D eigenvalue weighted by molar-refractivity contribution is 5.88. The molecule has 4 rings (SSSR count). The van der Waals surface area contributed by atoms with E-state index in [1.807, 2.05) is 50.2 Å². The SMILES string of the molecule is CC[C@@H](C(=O)NC1CCCC1)N(Cc1cccc(C)c1)C(=O)CCc1ccc2c(c1)OCCO2. The number of carbonyl (C=O) groups excluding carboxylic acids is 2. The second kappa shape index (κ2) is 11.4. The fourth-order valence-corrected chi connectivity index (χ4v) is 4.93. The molecule has 0 radical (unpaired) electrons. The van der Waals surface area contributed by atoms with E-state index in [0.29, 0.717) is 39.0 Å². The number of hydrogen-bond donors (Lipinski definition) is 1. The Bertz CT molecular complexity index is 1000. The van der Waals surface area contributed by atoms with Crippen LogP contribution in [0.3, 0.4) is 0 Å². The van der Waals surface area contributed by atoms with E-state index in [1.165, 1.54) is 0 Å². The highest BCUT2D eigenvalue weighted by Crippen LogP contribution is 2.31. The van der Waals surface area contributed by atoms with Crippen LogP contribution in [0.5, 0.6) is 11.5 Å². The Kier molecular flexibility index (Phi) is 8.09. The van der Waals surface area contributed by atoms with Crippen LogP contribution in [0.25, 0.3) is 0 Å². The molecular weight excluding hydrogens is 428 g/mol. The number of hydrogen-bond acceptors (Lipinski definition) is 4. The third-order valence-corrected chi connectivity index (χ3v) is 6.76. The van der Waals surface area contributed by atoms with Gasteiger partial charge in [0.15, 0.2) is 11.5 Å². The van der Waals surface area contributed by atoms with Gasteiger partial charge < -0.3 is 19.7 Å². The quantitative estimate of drug-likeness (QED) is 0.591. The number of rotatable bonds is 9. The molecule has 182 valence electrons. The Morgan fingerprint density at radius 1 is 1.03 bits per heavy atom. The van der Waals surface area contributed by atoms with Gasteiger partial charge in [0, 0.05) is 19.0 Å². The Morgan fingerprint density at radius 3 is 2.53 bits per heavy atom. The van der Waals surface area contributed by atoms with Crippen molar-refractivity contribution < 1.29 is 19.1 Å². The van der Waals surface area contributed by atoms with Crippen LogP contribution in [0.15, 0.2) is 42.5 Å². The molecule has 0 unspecified atom stereocenters. The average Bonchev–Trinajstić information content (AvgIpc) is 3.35. The molecule has 2 aliphatic rings. The van der Waals surface area contributed by atoms with Crippen molar-refractivity contribution >= 4 is 11.8 Å². The molecule has 0 aromatic heterocycles. The number of ether oxygens (including phenoxy) is 2. The molecule has 1 N–H and O–H groups in total. The van der Waals surface area contributed by atoms with Gasteiger partial charge in [-0.25, -0.2) is 0 Å². The minimum Gasteiger partial charge on any atom is -0.486 e. The number of aryl methyl sites for hydroxylation is 2. The monoisotopic (exact) mass is 464 g/mol. The molecule has 2 amide bonds. The zero-order valence-corrected chi connectivity index (χ0v) is 20.3. The second-order valence-corrected chi connectivity index (χ2v) is 9.40. The summed E-state index contributed by atoms with van der Waals surface area (Å²) in [6, 6.07) is 13.8. The maximum Gasteiger partial charge on any atom is 0.243 e. The molecule has 2 aromatic carbocycles. The smallest absolute Gasteiger partial charge is 0.243 e. The molecule has 34 heavy (non-hydrogen) atoms. The summed E-state index contributed by atoms with van der Waals surface area (Å²) in [5.74, 6) is 1.44. The number of benzene rings is 2. The van der Waals surface area contributed by atoms with Gasteiger partial charge >= 0.3 is 0 Å². The van der Waals surface area contributed by atoms with Crippen LogP contribution in [0.4, 0.5) is 0 Å². The van der Waals surface area contributed by atoms with Gasteiger partial charge in [0.05, 0.1) is 0 Å². The van der Waals surface area contributed by atoms with Gasteiger partial charge in [-0.15, -0.1) is 0 Å². The molecule has 2 aromatic rings. The summed E-state index contributed by atoms with van der Waals surface area (Å²) in [5.41, 5.74) is 3.21. The lowest BCUT2D eigenvalue weighted by molar-refractivity contribution is -0.141. The fraction of sp³-hybridized carbons (Fsp3) is 0.500. The fourth-order valence-electron chi connectivity index (χ4n) is 4.93. The molecule has 1 saturated carbocycles. The molecule has 0 bridgehead atoms. The number of nitrogens with zero attached hydrogens (tertiary/aromatic N) is 1. The van der Waals surface area contributed by atoms with E-state index < -0.39 is 6.04 Å². The Balaban J connectivity index is 1.48. The zero-order chi connectivity index (χ0) is 23.9. The first kappa shape index (κ1) is 24.1. The number of fused-ring (bicyclic) bond motifs is 1. The molecule has 6 heteroatoms. The van der Waals surface area contributed by atoms with E-state index in [0.717, 1.165) is 53.9 Å². The molecule has 0 saturated heterocycles. The van der Waals surface area contributed by atoms with E-state index in [2.05, 4.69) is 11.4 Å². The summed E-state index contributed by atoms with van der Waals surface area (Å²) in [7, 11) is 0. The van der Waals surface area contributed by atoms with Gasteiger partial charge in [-0.3, -0.25) is 9.59 Å². The van der Waals surface area contributed by atoms with Gasteiger partial charge in [0.25, 0.3) is 0 Å². The third kappa shape index (κ3) is 6.10. The molecule has 1 heterocycles. The van der Waals surface area contributed by atoms with Gasteiger partial charge in [0.1, 0.15) is 19.3 Å². The summed E-state index contributed by atoms with van der Waals surface area (Å²) < 4.78 is 11.3. The average molecular weight is 465 g/mol. The Labute approximate surface area is 202 Å². The molecule has 6 nitrogen and oxygen atoms in total. The number of amides is 2. The van der Waals surface area contributed by atoms with Crippen molar-refractivity contribution in [3.05, 3.63) is 59.2 Å². The van der Waals surface area contributed by atoms with Crippen molar-refractivity contribution in [1.29, 1.82) is 0 Å². The van der Waals surface area contributed by atoms with Gasteiger partial charge in [-0.1, -0.05) is 55.7 Å². The summed E-state index contributed by atoms with van der Waals surface area (Å²) >= 11 is 0. The van der Waals surface area contributed by atoms with Gasteiger partial charge in [-0.2, -0.15) is 0 Å². The minimum atomic E-state index is -0.478. The summed E-state index contributed by atoms with van der Waals surface area (Å²) in [6.45, 7) is 5.55. The summed E-state index contributed by atoms with van der Waals surface area (Å²) in [5, 5.41) is 3.21. The molecule has 1 aliphatic carbocycles. The predicted molar refractivity (Wildman–Crippen MR) is 132 cm³/mol. The number of carbonyl (C=O) groups is 2. The van der Waals surface area contributed by atoms with E-state index in [1.54, 1.807) is 4.90 Å². The largest absolute Gasteiger partial charge is 0.486 e. The van der Waals surface area contributed by atoms with Crippen LogP contribution >= 0.6 is 0 Å². The lowest BCUT2D eigenvalue weighted by Crippen LogP contribution is -2.51. The molecule has 1 atom stereocenters. The topological polar surface area (TPSA) is 67.9 Å². The van der Waals surface area contributed by atoms with Crippen molar-refractivity contribution in [3.8, 4) is 11.5 Å². The Morgan fingerprint density at radius 2 is 1.79 bits per heavy atom. The number of nitrogens with one attached hydrogen (secondary N) is 1. The van der Waals surface area contributed by atoms with Crippen LogP contribution in [0.1, 0.15) is 62.1 Å².